The van der Waals surface area contributed by atoms with Gasteiger partial charge in [0.05, 0.1) is 11.5 Å². The number of sulfone groups is 1. The Morgan fingerprint density at radius 3 is 2.56 bits per heavy atom. The highest BCUT2D eigenvalue weighted by Crippen LogP contribution is 2.18. The lowest BCUT2D eigenvalue weighted by atomic mass is 10.2. The van der Waals surface area contributed by atoms with Crippen molar-refractivity contribution in [2.75, 3.05) is 18.6 Å². The van der Waals surface area contributed by atoms with Crippen LogP contribution in [-0.2, 0) is 16.4 Å². The average molecular weight is 239 g/mol. The molecule has 0 bridgehead atoms. The SMILES string of the molecule is CN(Cc1ccccc1)[C@H]1CCS(=O)(=O)C1. The van der Waals surface area contributed by atoms with Crippen LogP contribution in [0.5, 0.6) is 0 Å². The first-order valence-corrected chi connectivity index (χ1v) is 7.33. The van der Waals surface area contributed by atoms with Gasteiger partial charge in [0.15, 0.2) is 9.84 Å². The van der Waals surface area contributed by atoms with Crippen molar-refractivity contribution in [3.8, 4) is 0 Å². The van der Waals surface area contributed by atoms with E-state index in [-0.39, 0.29) is 6.04 Å². The summed E-state index contributed by atoms with van der Waals surface area (Å²) < 4.78 is 22.7. The molecular weight excluding hydrogens is 222 g/mol. The molecule has 0 unspecified atom stereocenters. The third-order valence-electron chi connectivity index (χ3n) is 3.11. The van der Waals surface area contributed by atoms with Gasteiger partial charge in [-0.3, -0.25) is 4.90 Å². The van der Waals surface area contributed by atoms with Gasteiger partial charge in [-0.1, -0.05) is 30.3 Å². The van der Waals surface area contributed by atoms with Gasteiger partial charge in [-0.15, -0.1) is 0 Å². The van der Waals surface area contributed by atoms with E-state index in [1.807, 2.05) is 25.2 Å². The fourth-order valence-electron chi connectivity index (χ4n) is 2.12. The van der Waals surface area contributed by atoms with Gasteiger partial charge in [-0.25, -0.2) is 8.42 Å². The molecule has 0 spiro atoms. The number of benzene rings is 1. The Morgan fingerprint density at radius 2 is 2.00 bits per heavy atom. The molecule has 0 saturated carbocycles. The molecule has 3 nitrogen and oxygen atoms in total. The van der Waals surface area contributed by atoms with Crippen molar-refractivity contribution in [3.63, 3.8) is 0 Å². The minimum Gasteiger partial charge on any atom is -0.298 e. The molecule has 0 N–H and O–H groups in total. The molecule has 0 radical (unpaired) electrons. The Hall–Kier alpha value is -0.870. The Kier molecular flexibility index (Phi) is 3.30. The Morgan fingerprint density at radius 1 is 1.31 bits per heavy atom. The van der Waals surface area contributed by atoms with Crippen molar-refractivity contribution in [2.24, 2.45) is 0 Å². The van der Waals surface area contributed by atoms with Gasteiger partial charge >= 0.3 is 0 Å². The Bertz CT molecular complexity index is 441. The first kappa shape index (κ1) is 11.6. The lowest BCUT2D eigenvalue weighted by molar-refractivity contribution is 0.254. The predicted octanol–water partition coefficient (Wildman–Crippen LogP) is 1.31. The maximum atomic E-state index is 11.4. The molecule has 0 amide bonds. The van der Waals surface area contributed by atoms with Crippen LogP contribution in [0.4, 0.5) is 0 Å². The lowest BCUT2D eigenvalue weighted by Gasteiger charge is -2.22. The zero-order valence-electron chi connectivity index (χ0n) is 9.46. The summed E-state index contributed by atoms with van der Waals surface area (Å²) >= 11 is 0. The van der Waals surface area contributed by atoms with E-state index < -0.39 is 9.84 Å². The highest BCUT2D eigenvalue weighted by atomic mass is 32.2. The second-order valence-electron chi connectivity index (χ2n) is 4.46. The van der Waals surface area contributed by atoms with Crippen LogP contribution < -0.4 is 0 Å². The van der Waals surface area contributed by atoms with Crippen LogP contribution in [-0.4, -0.2) is 37.9 Å². The van der Waals surface area contributed by atoms with E-state index >= 15 is 0 Å². The molecule has 1 aliphatic rings. The third kappa shape index (κ3) is 2.83. The fraction of sp³-hybridized carbons (Fsp3) is 0.500. The number of rotatable bonds is 3. The Balaban J connectivity index is 1.97. The minimum atomic E-state index is -2.77. The van der Waals surface area contributed by atoms with Crippen LogP contribution in [0.25, 0.3) is 0 Å². The number of hydrogen-bond acceptors (Lipinski definition) is 3. The summed E-state index contributed by atoms with van der Waals surface area (Å²) in [5.41, 5.74) is 1.23. The summed E-state index contributed by atoms with van der Waals surface area (Å²) in [6.07, 6.45) is 0.770. The molecule has 4 heteroatoms. The van der Waals surface area contributed by atoms with Gasteiger partial charge in [-0.05, 0) is 19.0 Å². The van der Waals surface area contributed by atoms with E-state index in [9.17, 15) is 8.42 Å². The van der Waals surface area contributed by atoms with Crippen LogP contribution in [0.2, 0.25) is 0 Å². The summed E-state index contributed by atoms with van der Waals surface area (Å²) in [6, 6.07) is 10.3. The molecule has 16 heavy (non-hydrogen) atoms. The molecule has 0 aromatic heterocycles. The van der Waals surface area contributed by atoms with Crippen LogP contribution in [0.15, 0.2) is 30.3 Å². The standard InChI is InChI=1S/C12H17NO2S/c1-13(9-11-5-3-2-4-6-11)12-7-8-16(14,15)10-12/h2-6,12H,7-10H2,1H3/t12-/m0/s1. The van der Waals surface area contributed by atoms with Crippen LogP contribution in [0.1, 0.15) is 12.0 Å². The van der Waals surface area contributed by atoms with Crippen LogP contribution >= 0.6 is 0 Å². The van der Waals surface area contributed by atoms with Crippen LogP contribution in [0.3, 0.4) is 0 Å². The summed E-state index contributed by atoms with van der Waals surface area (Å²) in [6.45, 7) is 0.820. The molecule has 0 aliphatic carbocycles. The van der Waals surface area contributed by atoms with E-state index in [0.717, 1.165) is 13.0 Å². The maximum Gasteiger partial charge on any atom is 0.151 e. The molecular formula is C12H17NO2S. The van der Waals surface area contributed by atoms with Gasteiger partial charge in [0.25, 0.3) is 0 Å². The molecule has 1 atom stereocenters. The van der Waals surface area contributed by atoms with Crippen molar-refractivity contribution >= 4 is 9.84 Å². The van der Waals surface area contributed by atoms with Crippen molar-refractivity contribution in [3.05, 3.63) is 35.9 Å². The van der Waals surface area contributed by atoms with Gasteiger partial charge in [0.1, 0.15) is 0 Å². The normalized spacial score (nSPS) is 23.8. The highest BCUT2D eigenvalue weighted by Gasteiger charge is 2.30. The van der Waals surface area contributed by atoms with E-state index in [2.05, 4.69) is 17.0 Å². The first-order valence-electron chi connectivity index (χ1n) is 5.51. The summed E-state index contributed by atoms with van der Waals surface area (Å²) in [4.78, 5) is 2.14. The largest absolute Gasteiger partial charge is 0.298 e. The number of hydrogen-bond donors (Lipinski definition) is 0. The second-order valence-corrected chi connectivity index (χ2v) is 6.69. The van der Waals surface area contributed by atoms with Gasteiger partial charge in [0.2, 0.25) is 0 Å². The number of nitrogens with zero attached hydrogens (tertiary/aromatic N) is 1. The molecule has 1 heterocycles. The molecule has 1 saturated heterocycles. The van der Waals surface area contributed by atoms with Crippen molar-refractivity contribution in [1.29, 1.82) is 0 Å². The molecule has 2 rings (SSSR count). The van der Waals surface area contributed by atoms with Crippen LogP contribution in [0, 0.1) is 0 Å². The molecule has 88 valence electrons. The lowest BCUT2D eigenvalue weighted by Crippen LogP contribution is -2.32. The topological polar surface area (TPSA) is 37.4 Å². The van der Waals surface area contributed by atoms with Crippen molar-refractivity contribution in [1.82, 2.24) is 4.90 Å². The first-order chi connectivity index (χ1) is 7.57. The van der Waals surface area contributed by atoms with Gasteiger partial charge in [-0.2, -0.15) is 0 Å². The van der Waals surface area contributed by atoms with Gasteiger partial charge in [0, 0.05) is 12.6 Å². The second kappa shape index (κ2) is 4.55. The maximum absolute atomic E-state index is 11.4. The summed E-state index contributed by atoms with van der Waals surface area (Å²) in [5.74, 6) is 0.660. The predicted molar refractivity (Wildman–Crippen MR) is 65.0 cm³/mol. The summed E-state index contributed by atoms with van der Waals surface area (Å²) in [7, 11) is -0.776. The Labute approximate surface area is 97.0 Å². The van der Waals surface area contributed by atoms with Crippen molar-refractivity contribution in [2.45, 2.75) is 19.0 Å². The molecule has 1 aliphatic heterocycles. The minimum absolute atomic E-state index is 0.185. The molecule has 1 aromatic carbocycles. The van der Waals surface area contributed by atoms with E-state index in [4.69, 9.17) is 0 Å². The fourth-order valence-corrected chi connectivity index (χ4v) is 3.93. The van der Waals surface area contributed by atoms with Gasteiger partial charge < -0.3 is 0 Å². The van der Waals surface area contributed by atoms with E-state index in [0.29, 0.717) is 11.5 Å². The average Bonchev–Trinajstić information content (AvgIpc) is 2.60. The quantitative estimate of drug-likeness (QED) is 0.798. The van der Waals surface area contributed by atoms with E-state index in [1.54, 1.807) is 0 Å². The third-order valence-corrected chi connectivity index (χ3v) is 4.86. The highest BCUT2D eigenvalue weighted by molar-refractivity contribution is 7.91. The smallest absolute Gasteiger partial charge is 0.151 e. The zero-order chi connectivity index (χ0) is 11.6. The van der Waals surface area contributed by atoms with Crippen molar-refractivity contribution < 1.29 is 8.42 Å². The summed E-state index contributed by atoms with van der Waals surface area (Å²) in [5, 5.41) is 0. The monoisotopic (exact) mass is 239 g/mol. The molecule has 1 aromatic rings. The molecule has 1 fully saturated rings. The zero-order valence-corrected chi connectivity index (χ0v) is 10.3. The van der Waals surface area contributed by atoms with E-state index in [1.165, 1.54) is 5.56 Å².